The van der Waals surface area contributed by atoms with Crippen molar-refractivity contribution in [3.63, 3.8) is 0 Å². The molecule has 0 amide bonds. The third-order valence-corrected chi connectivity index (χ3v) is 7.09. The van der Waals surface area contributed by atoms with Crippen molar-refractivity contribution < 1.29 is 4.57 Å². The summed E-state index contributed by atoms with van der Waals surface area (Å²) in [5.41, 5.74) is 4.21. The minimum atomic E-state index is 0.551. The predicted molar refractivity (Wildman–Crippen MR) is 129 cm³/mol. The van der Waals surface area contributed by atoms with Gasteiger partial charge < -0.3 is 9.80 Å². The summed E-state index contributed by atoms with van der Waals surface area (Å²) in [7, 11) is 2.05. The molecule has 1 aliphatic rings. The maximum Gasteiger partial charge on any atom is 0.285 e. The topological polar surface area (TPSA) is 15.3 Å². The lowest BCUT2D eigenvalue weighted by atomic mass is 10.2. The Morgan fingerprint density at radius 3 is 1.77 bits per heavy atom. The maximum atomic E-state index is 6.34. The zero-order chi connectivity index (χ0) is 21.7. The van der Waals surface area contributed by atoms with Gasteiger partial charge in [0.15, 0.2) is 11.0 Å². The number of nitrogens with zero attached hydrogens (tertiary/aromatic N) is 4. The summed E-state index contributed by atoms with van der Waals surface area (Å²) in [6, 6.07) is 7.75. The number of hydrogen-bond donors (Lipinski definition) is 0. The fraction of sp³-hybridized carbons (Fsp3) is 0.318. The summed E-state index contributed by atoms with van der Waals surface area (Å²) in [6.45, 7) is 8.81. The Morgan fingerprint density at radius 1 is 0.767 bits per heavy atom. The fourth-order valence-corrected chi connectivity index (χ4v) is 4.86. The zero-order valence-corrected chi connectivity index (χ0v) is 20.3. The Bertz CT molecular complexity index is 1140. The van der Waals surface area contributed by atoms with Crippen LogP contribution >= 0.6 is 46.4 Å². The molecule has 2 heterocycles. The van der Waals surface area contributed by atoms with E-state index in [4.69, 9.17) is 46.4 Å². The lowest BCUT2D eigenvalue weighted by Crippen LogP contribution is -2.34. The van der Waals surface area contributed by atoms with E-state index in [1.807, 2.05) is 31.3 Å². The smallest absolute Gasteiger partial charge is 0.285 e. The van der Waals surface area contributed by atoms with E-state index in [0.717, 1.165) is 53.7 Å². The monoisotopic (exact) mass is 483 g/mol. The van der Waals surface area contributed by atoms with Crippen molar-refractivity contribution >= 4 is 74.9 Å². The van der Waals surface area contributed by atoms with Crippen LogP contribution in [0.5, 0.6) is 0 Å². The van der Waals surface area contributed by atoms with E-state index < -0.39 is 0 Å². The van der Waals surface area contributed by atoms with E-state index in [0.29, 0.717) is 20.1 Å². The van der Waals surface area contributed by atoms with Gasteiger partial charge in [-0.25, -0.2) is 9.13 Å². The van der Waals surface area contributed by atoms with Crippen molar-refractivity contribution in [2.75, 3.05) is 22.9 Å². The standard InChI is InChI=1S/C22H23Cl4N4/c1-5-28-18-9-14(24)13(23)8-17(18)27(4)21(28)12-22-29(6-2)19-10-15(25)16(26)11-20(19)30(22)7-3/h8-12H,5-7H2,1-4H3/q+1. The van der Waals surface area contributed by atoms with Crippen molar-refractivity contribution in [3.05, 3.63) is 56.0 Å². The van der Waals surface area contributed by atoms with Crippen LogP contribution in [0.2, 0.25) is 20.1 Å². The van der Waals surface area contributed by atoms with Crippen molar-refractivity contribution in [2.24, 2.45) is 7.05 Å². The van der Waals surface area contributed by atoms with Gasteiger partial charge in [0.05, 0.1) is 51.1 Å². The molecule has 158 valence electrons. The molecule has 1 aromatic heterocycles. The van der Waals surface area contributed by atoms with Gasteiger partial charge in [-0.1, -0.05) is 46.4 Å². The quantitative estimate of drug-likeness (QED) is 0.380. The Morgan fingerprint density at radius 2 is 1.27 bits per heavy atom. The van der Waals surface area contributed by atoms with Gasteiger partial charge in [-0.2, -0.15) is 0 Å². The molecule has 2 aromatic carbocycles. The Balaban J connectivity index is 1.96. The molecule has 4 rings (SSSR count). The average molecular weight is 485 g/mol. The van der Waals surface area contributed by atoms with E-state index in [1.165, 1.54) is 0 Å². The van der Waals surface area contributed by atoms with Gasteiger partial charge in [0.25, 0.3) is 5.82 Å². The summed E-state index contributed by atoms with van der Waals surface area (Å²) < 4.78 is 4.40. The Labute approximate surface area is 196 Å². The van der Waals surface area contributed by atoms with Crippen molar-refractivity contribution in [1.82, 2.24) is 4.57 Å². The first-order valence-corrected chi connectivity index (χ1v) is 11.5. The number of aryl methyl sites for hydroxylation is 2. The van der Waals surface area contributed by atoms with E-state index in [2.05, 4.69) is 45.8 Å². The highest BCUT2D eigenvalue weighted by Gasteiger charge is 2.33. The number of fused-ring (bicyclic) bond motifs is 2. The molecule has 0 aliphatic carbocycles. The Kier molecular flexibility index (Phi) is 5.88. The molecule has 0 unspecified atom stereocenters. The molecule has 3 aromatic rings. The first kappa shape index (κ1) is 21.6. The highest BCUT2D eigenvalue weighted by molar-refractivity contribution is 6.43. The van der Waals surface area contributed by atoms with Crippen LogP contribution in [-0.2, 0) is 13.6 Å². The molecule has 1 aliphatic heterocycles. The normalized spacial score (nSPS) is 13.5. The molecule has 0 fully saturated rings. The summed E-state index contributed by atoms with van der Waals surface area (Å²) in [6.07, 6.45) is 2.21. The first-order chi connectivity index (χ1) is 14.3. The van der Waals surface area contributed by atoms with Gasteiger partial charge in [0.1, 0.15) is 5.82 Å². The van der Waals surface area contributed by atoms with Gasteiger partial charge in [0, 0.05) is 25.2 Å². The molecule has 8 heteroatoms. The van der Waals surface area contributed by atoms with Crippen molar-refractivity contribution in [3.8, 4) is 0 Å². The lowest BCUT2D eigenvalue weighted by molar-refractivity contribution is -0.647. The fourth-order valence-electron chi connectivity index (χ4n) is 4.23. The summed E-state index contributed by atoms with van der Waals surface area (Å²) >= 11 is 25.3. The second kappa shape index (κ2) is 8.16. The first-order valence-electron chi connectivity index (χ1n) is 9.95. The number of rotatable bonds is 4. The van der Waals surface area contributed by atoms with Crippen LogP contribution in [0, 0.1) is 0 Å². The van der Waals surface area contributed by atoms with Gasteiger partial charge in [-0.05, 0) is 32.9 Å². The summed E-state index contributed by atoms with van der Waals surface area (Å²) in [5, 5.41) is 2.22. The molecule has 0 spiro atoms. The number of imidazole rings is 1. The van der Waals surface area contributed by atoms with Crippen LogP contribution in [0.25, 0.3) is 17.1 Å². The lowest BCUT2D eigenvalue weighted by Gasteiger charge is -2.23. The van der Waals surface area contributed by atoms with Crippen LogP contribution < -0.4 is 14.4 Å². The molecule has 0 radical (unpaired) electrons. The molecule has 0 saturated heterocycles. The highest BCUT2D eigenvalue weighted by Crippen LogP contribution is 2.45. The van der Waals surface area contributed by atoms with Crippen molar-refractivity contribution in [2.45, 2.75) is 27.3 Å². The molecule has 30 heavy (non-hydrogen) atoms. The maximum absolute atomic E-state index is 6.34. The zero-order valence-electron chi connectivity index (χ0n) is 17.3. The third kappa shape index (κ3) is 3.25. The number of anilines is 2. The summed E-state index contributed by atoms with van der Waals surface area (Å²) in [5.74, 6) is 2.14. The van der Waals surface area contributed by atoms with Gasteiger partial charge >= 0.3 is 0 Å². The molecule has 4 nitrogen and oxygen atoms in total. The van der Waals surface area contributed by atoms with E-state index in [1.54, 1.807) is 0 Å². The van der Waals surface area contributed by atoms with Crippen LogP contribution in [0.1, 0.15) is 26.6 Å². The summed E-state index contributed by atoms with van der Waals surface area (Å²) in [4.78, 5) is 4.53. The van der Waals surface area contributed by atoms with Crippen LogP contribution in [0.3, 0.4) is 0 Å². The van der Waals surface area contributed by atoms with Crippen molar-refractivity contribution in [1.29, 1.82) is 0 Å². The van der Waals surface area contributed by atoms with Crippen LogP contribution in [-0.4, -0.2) is 17.7 Å². The predicted octanol–water partition coefficient (Wildman–Crippen LogP) is 6.76. The van der Waals surface area contributed by atoms with E-state index >= 15 is 0 Å². The largest absolute Gasteiger partial charge is 0.326 e. The number of aromatic nitrogens is 2. The second-order valence-electron chi connectivity index (χ2n) is 7.16. The molecule has 0 N–H and O–H groups in total. The minimum absolute atomic E-state index is 0.551. The van der Waals surface area contributed by atoms with Gasteiger partial charge in [0.2, 0.25) is 0 Å². The average Bonchev–Trinajstić information content (AvgIpc) is 3.14. The number of benzene rings is 2. The second-order valence-corrected chi connectivity index (χ2v) is 8.79. The van der Waals surface area contributed by atoms with Crippen LogP contribution in [0.4, 0.5) is 11.4 Å². The highest BCUT2D eigenvalue weighted by atomic mass is 35.5. The number of halogens is 4. The van der Waals surface area contributed by atoms with E-state index in [9.17, 15) is 0 Å². The molecule has 0 saturated carbocycles. The number of hydrogen-bond acceptors (Lipinski definition) is 2. The molecule has 0 bridgehead atoms. The molecular weight excluding hydrogens is 462 g/mol. The van der Waals surface area contributed by atoms with Crippen LogP contribution in [0.15, 0.2) is 30.1 Å². The third-order valence-electron chi connectivity index (χ3n) is 5.65. The Hall–Kier alpha value is -1.59. The molecule has 0 atom stereocenters. The van der Waals surface area contributed by atoms with Gasteiger partial charge in [-0.3, -0.25) is 0 Å². The minimum Gasteiger partial charge on any atom is -0.326 e. The SMILES string of the molecule is CCN1C(=Cc2n(CC)c3cc(Cl)c(Cl)cc3[n+]2C)N(CC)c2cc(Cl)c(Cl)cc21. The van der Waals surface area contributed by atoms with E-state index in [-0.39, 0.29) is 0 Å². The molecular formula is C22H23Cl4N4+. The van der Waals surface area contributed by atoms with Gasteiger partial charge in [-0.15, -0.1) is 0 Å².